The third-order valence-corrected chi connectivity index (χ3v) is 5.45. The summed E-state index contributed by atoms with van der Waals surface area (Å²) in [6.07, 6.45) is 12.6. The van der Waals surface area contributed by atoms with Crippen LogP contribution in [0.25, 0.3) is 0 Å². The average Bonchev–Trinajstić information content (AvgIpc) is 2.65. The van der Waals surface area contributed by atoms with Crippen molar-refractivity contribution in [1.82, 2.24) is 5.32 Å². The minimum atomic E-state index is 0.00349. The van der Waals surface area contributed by atoms with Gasteiger partial charge >= 0.3 is 0 Å². The zero-order valence-corrected chi connectivity index (χ0v) is 14.4. The van der Waals surface area contributed by atoms with Gasteiger partial charge in [-0.2, -0.15) is 0 Å². The van der Waals surface area contributed by atoms with Gasteiger partial charge in [-0.3, -0.25) is 9.59 Å². The predicted octanol–water partition coefficient (Wildman–Crippen LogP) is 4.04. The van der Waals surface area contributed by atoms with Crippen molar-refractivity contribution in [2.75, 3.05) is 4.90 Å². The van der Waals surface area contributed by atoms with Crippen LogP contribution in [0.1, 0.15) is 74.6 Å². The first kappa shape index (κ1) is 17.0. The number of benzene rings is 1. The molecule has 1 N–H and O–H groups in total. The van der Waals surface area contributed by atoms with E-state index in [0.717, 1.165) is 37.8 Å². The van der Waals surface area contributed by atoms with Crippen molar-refractivity contribution >= 4 is 18.0 Å². The SMILES string of the molecule is O=CN(c1ccc(C(=O)NC2CCCCC2)cc1)C1CCCCC1. The molecule has 2 amide bonds. The zero-order valence-electron chi connectivity index (χ0n) is 14.4. The van der Waals surface area contributed by atoms with E-state index < -0.39 is 0 Å². The van der Waals surface area contributed by atoms with E-state index in [2.05, 4.69) is 5.32 Å². The van der Waals surface area contributed by atoms with Crippen molar-refractivity contribution in [3.8, 4) is 0 Å². The van der Waals surface area contributed by atoms with Crippen LogP contribution in [-0.4, -0.2) is 24.4 Å². The second-order valence-corrected chi connectivity index (χ2v) is 7.16. The average molecular weight is 328 g/mol. The molecule has 0 spiro atoms. The fraction of sp³-hybridized carbons (Fsp3) is 0.600. The summed E-state index contributed by atoms with van der Waals surface area (Å²) in [7, 11) is 0. The Bertz CT molecular complexity index is 543. The Morgan fingerprint density at radius 1 is 0.917 bits per heavy atom. The van der Waals surface area contributed by atoms with E-state index in [1.165, 1.54) is 38.5 Å². The topological polar surface area (TPSA) is 49.4 Å². The molecule has 0 aliphatic heterocycles. The van der Waals surface area contributed by atoms with Crippen LogP contribution in [0.3, 0.4) is 0 Å². The number of carbonyl (C=O) groups excluding carboxylic acids is 2. The number of anilines is 1. The van der Waals surface area contributed by atoms with Crippen molar-refractivity contribution in [3.05, 3.63) is 29.8 Å². The van der Waals surface area contributed by atoms with E-state index >= 15 is 0 Å². The van der Waals surface area contributed by atoms with Crippen molar-refractivity contribution in [1.29, 1.82) is 0 Å². The summed E-state index contributed by atoms with van der Waals surface area (Å²) in [5, 5.41) is 3.14. The number of rotatable bonds is 5. The van der Waals surface area contributed by atoms with Crippen LogP contribution >= 0.6 is 0 Å². The van der Waals surface area contributed by atoms with E-state index in [0.29, 0.717) is 17.6 Å². The van der Waals surface area contributed by atoms with Crippen LogP contribution in [0.5, 0.6) is 0 Å². The quantitative estimate of drug-likeness (QED) is 0.829. The van der Waals surface area contributed by atoms with Gasteiger partial charge < -0.3 is 10.2 Å². The highest BCUT2D eigenvalue weighted by Crippen LogP contribution is 2.26. The highest BCUT2D eigenvalue weighted by molar-refractivity contribution is 5.95. The van der Waals surface area contributed by atoms with Crippen LogP contribution in [0.2, 0.25) is 0 Å². The lowest BCUT2D eigenvalue weighted by Gasteiger charge is -2.31. The Labute approximate surface area is 144 Å². The fourth-order valence-corrected chi connectivity index (χ4v) is 4.02. The van der Waals surface area contributed by atoms with Gasteiger partial charge in [-0.1, -0.05) is 38.5 Å². The van der Waals surface area contributed by atoms with Gasteiger partial charge in [-0.05, 0) is 49.9 Å². The second kappa shape index (κ2) is 8.32. The molecule has 0 aromatic heterocycles. The predicted molar refractivity (Wildman–Crippen MR) is 96.2 cm³/mol. The van der Waals surface area contributed by atoms with Gasteiger partial charge in [0, 0.05) is 23.3 Å². The number of hydrogen-bond donors (Lipinski definition) is 1. The Balaban J connectivity index is 1.62. The molecule has 2 fully saturated rings. The van der Waals surface area contributed by atoms with Crippen LogP contribution in [0.15, 0.2) is 24.3 Å². The summed E-state index contributed by atoms with van der Waals surface area (Å²) in [5.41, 5.74) is 1.57. The first-order valence-corrected chi connectivity index (χ1v) is 9.42. The lowest BCUT2D eigenvalue weighted by atomic mass is 9.94. The molecule has 1 aromatic carbocycles. The van der Waals surface area contributed by atoms with E-state index in [1.54, 1.807) is 0 Å². The van der Waals surface area contributed by atoms with E-state index in [-0.39, 0.29) is 5.91 Å². The molecule has 1 aromatic rings. The molecule has 2 saturated carbocycles. The Kier molecular flexibility index (Phi) is 5.89. The summed E-state index contributed by atoms with van der Waals surface area (Å²) in [6.45, 7) is 0. The lowest BCUT2D eigenvalue weighted by Crippen LogP contribution is -2.36. The summed E-state index contributed by atoms with van der Waals surface area (Å²) >= 11 is 0. The lowest BCUT2D eigenvalue weighted by molar-refractivity contribution is -0.108. The number of amides is 2. The van der Waals surface area contributed by atoms with E-state index in [4.69, 9.17) is 0 Å². The van der Waals surface area contributed by atoms with Crippen LogP contribution in [0.4, 0.5) is 5.69 Å². The minimum absolute atomic E-state index is 0.00349. The second-order valence-electron chi connectivity index (χ2n) is 7.16. The highest BCUT2D eigenvalue weighted by Gasteiger charge is 2.21. The fourth-order valence-electron chi connectivity index (χ4n) is 4.02. The van der Waals surface area contributed by atoms with Crippen molar-refractivity contribution in [2.24, 2.45) is 0 Å². The molecule has 0 heterocycles. The Morgan fingerprint density at radius 2 is 1.50 bits per heavy atom. The molecule has 3 rings (SSSR count). The summed E-state index contributed by atoms with van der Waals surface area (Å²) < 4.78 is 0. The first-order valence-electron chi connectivity index (χ1n) is 9.42. The number of nitrogens with zero attached hydrogens (tertiary/aromatic N) is 1. The molecular formula is C20H28N2O2. The molecule has 0 unspecified atom stereocenters. The van der Waals surface area contributed by atoms with Gasteiger partial charge in [0.1, 0.15) is 0 Å². The summed E-state index contributed by atoms with van der Waals surface area (Å²) in [5.74, 6) is 0.00349. The Morgan fingerprint density at radius 3 is 2.08 bits per heavy atom. The normalized spacial score (nSPS) is 19.7. The van der Waals surface area contributed by atoms with Crippen LogP contribution in [0, 0.1) is 0 Å². The van der Waals surface area contributed by atoms with Crippen LogP contribution in [-0.2, 0) is 4.79 Å². The smallest absolute Gasteiger partial charge is 0.251 e. The molecule has 130 valence electrons. The van der Waals surface area contributed by atoms with Gasteiger partial charge in [0.2, 0.25) is 6.41 Å². The number of nitrogens with one attached hydrogen (secondary N) is 1. The van der Waals surface area contributed by atoms with Gasteiger partial charge in [-0.15, -0.1) is 0 Å². The molecule has 2 aliphatic carbocycles. The number of hydrogen-bond acceptors (Lipinski definition) is 2. The van der Waals surface area contributed by atoms with Crippen LogP contribution < -0.4 is 10.2 Å². The maximum absolute atomic E-state index is 12.4. The van der Waals surface area contributed by atoms with E-state index in [9.17, 15) is 9.59 Å². The van der Waals surface area contributed by atoms with Gasteiger partial charge in [0.25, 0.3) is 5.91 Å². The first-order chi connectivity index (χ1) is 11.8. The van der Waals surface area contributed by atoms with Gasteiger partial charge in [-0.25, -0.2) is 0 Å². The largest absolute Gasteiger partial charge is 0.349 e. The molecular weight excluding hydrogens is 300 g/mol. The summed E-state index contributed by atoms with van der Waals surface area (Å²) in [4.78, 5) is 25.7. The van der Waals surface area contributed by atoms with Gasteiger partial charge in [0.15, 0.2) is 0 Å². The molecule has 2 aliphatic rings. The molecule has 0 bridgehead atoms. The standard InChI is InChI=1S/C20H28N2O2/c23-15-22(18-9-5-2-6-10-18)19-13-11-16(12-14-19)20(24)21-17-7-3-1-4-8-17/h11-15,17-18H,1-10H2,(H,21,24). The van der Waals surface area contributed by atoms with Gasteiger partial charge in [0.05, 0.1) is 0 Å². The molecule has 4 nitrogen and oxygen atoms in total. The maximum atomic E-state index is 12.4. The van der Waals surface area contributed by atoms with Crippen molar-refractivity contribution in [3.63, 3.8) is 0 Å². The van der Waals surface area contributed by atoms with Crippen molar-refractivity contribution < 1.29 is 9.59 Å². The molecule has 0 saturated heterocycles. The highest BCUT2D eigenvalue weighted by atomic mass is 16.1. The molecule has 0 radical (unpaired) electrons. The third kappa shape index (κ3) is 4.16. The maximum Gasteiger partial charge on any atom is 0.251 e. The monoisotopic (exact) mass is 328 g/mol. The number of carbonyl (C=O) groups is 2. The molecule has 24 heavy (non-hydrogen) atoms. The third-order valence-electron chi connectivity index (χ3n) is 5.45. The summed E-state index contributed by atoms with van der Waals surface area (Å²) in [6, 6.07) is 8.11. The van der Waals surface area contributed by atoms with Crippen molar-refractivity contribution in [2.45, 2.75) is 76.3 Å². The Hall–Kier alpha value is -1.84. The van der Waals surface area contributed by atoms with E-state index in [1.807, 2.05) is 29.2 Å². The molecule has 4 heteroatoms. The zero-order chi connectivity index (χ0) is 16.8. The minimum Gasteiger partial charge on any atom is -0.349 e. The molecule has 0 atom stereocenters.